The van der Waals surface area contributed by atoms with Crippen molar-refractivity contribution in [3.05, 3.63) is 112 Å². The molecule has 0 aliphatic carbocycles. The van der Waals surface area contributed by atoms with Crippen molar-refractivity contribution in [1.29, 1.82) is 5.26 Å². The van der Waals surface area contributed by atoms with Crippen LogP contribution >= 0.6 is 23.2 Å². The van der Waals surface area contributed by atoms with Crippen LogP contribution in [0.4, 0.5) is 28.7 Å². The van der Waals surface area contributed by atoms with E-state index in [2.05, 4.69) is 38.8 Å². The molecule has 4 aromatic carbocycles. The zero-order valence-electron chi connectivity index (χ0n) is 19.8. The van der Waals surface area contributed by atoms with Crippen molar-refractivity contribution in [1.82, 2.24) is 9.97 Å². The summed E-state index contributed by atoms with van der Waals surface area (Å²) < 4.78 is 0. The molecule has 5 aromatic rings. The monoisotopic (exact) mass is 524 g/mol. The number of nitrogens with one attached hydrogen (secondary N) is 2. The standard InChI is InChI=1S/C29H22Cl2N6/c1-17-13-22(23(15-32)19-9-11-20(30)12-10-19)24(31)14-26(17)37-29-27(33)28(34-16-35-29)36-25-8-4-6-18-5-2-3-7-21(18)25/h2-14,16,23H,33H2,1H3,(H2,34,35,36,37). The van der Waals surface area contributed by atoms with Crippen LogP contribution in [-0.4, -0.2) is 9.97 Å². The summed E-state index contributed by atoms with van der Waals surface area (Å²) in [6.07, 6.45) is 1.45. The molecule has 0 amide bonds. The largest absolute Gasteiger partial charge is 0.393 e. The average molecular weight is 525 g/mol. The molecule has 1 unspecified atom stereocenters. The molecule has 182 valence electrons. The molecule has 4 N–H and O–H groups in total. The number of rotatable bonds is 6. The van der Waals surface area contributed by atoms with E-state index in [1.807, 2.05) is 55.5 Å². The van der Waals surface area contributed by atoms with Crippen molar-refractivity contribution in [2.75, 3.05) is 16.4 Å². The van der Waals surface area contributed by atoms with Crippen LogP contribution in [-0.2, 0) is 0 Å². The third kappa shape index (κ3) is 5.01. The van der Waals surface area contributed by atoms with Gasteiger partial charge in [-0.15, -0.1) is 0 Å². The van der Waals surface area contributed by atoms with Gasteiger partial charge in [0.05, 0.1) is 12.0 Å². The molecule has 0 saturated heterocycles. The second kappa shape index (κ2) is 10.4. The topological polar surface area (TPSA) is 99.6 Å². The molecule has 0 fully saturated rings. The van der Waals surface area contributed by atoms with Gasteiger partial charge in [0.2, 0.25) is 0 Å². The summed E-state index contributed by atoms with van der Waals surface area (Å²) in [5.74, 6) is 0.402. The van der Waals surface area contributed by atoms with E-state index in [0.717, 1.165) is 33.3 Å². The number of hydrogen-bond acceptors (Lipinski definition) is 6. The first-order chi connectivity index (χ1) is 17.9. The maximum atomic E-state index is 9.88. The second-order valence-electron chi connectivity index (χ2n) is 8.56. The number of aryl methyl sites for hydroxylation is 1. The molecule has 1 heterocycles. The number of fused-ring (bicyclic) bond motifs is 1. The van der Waals surface area contributed by atoms with Gasteiger partial charge >= 0.3 is 0 Å². The molecule has 0 aliphatic rings. The number of aromatic nitrogens is 2. The second-order valence-corrected chi connectivity index (χ2v) is 9.41. The van der Waals surface area contributed by atoms with Crippen LogP contribution in [0.5, 0.6) is 0 Å². The van der Waals surface area contributed by atoms with E-state index < -0.39 is 5.92 Å². The third-order valence-corrected chi connectivity index (χ3v) is 6.75. The molecule has 0 spiro atoms. The maximum absolute atomic E-state index is 9.88. The number of nitrogens with zero attached hydrogens (tertiary/aromatic N) is 3. The molecule has 5 rings (SSSR count). The van der Waals surface area contributed by atoms with E-state index in [1.165, 1.54) is 6.33 Å². The Hall–Kier alpha value is -4.31. The van der Waals surface area contributed by atoms with Gasteiger partial charge in [-0.05, 0) is 53.3 Å². The SMILES string of the molecule is Cc1cc(C(C#N)c2ccc(Cl)cc2)c(Cl)cc1Nc1ncnc(Nc2cccc3ccccc23)c1N. The van der Waals surface area contributed by atoms with E-state index >= 15 is 0 Å². The van der Waals surface area contributed by atoms with Gasteiger partial charge in [-0.2, -0.15) is 5.26 Å². The van der Waals surface area contributed by atoms with Crippen LogP contribution in [0.1, 0.15) is 22.6 Å². The number of nitrogen functional groups attached to an aromatic ring is 1. The molecule has 0 aliphatic heterocycles. The van der Waals surface area contributed by atoms with Gasteiger partial charge in [0.25, 0.3) is 0 Å². The van der Waals surface area contributed by atoms with E-state index in [1.54, 1.807) is 18.2 Å². The predicted octanol–water partition coefficient (Wildman–Crippen LogP) is 7.97. The fourth-order valence-electron chi connectivity index (χ4n) is 4.22. The summed E-state index contributed by atoms with van der Waals surface area (Å²) in [6.45, 7) is 1.94. The van der Waals surface area contributed by atoms with Crippen LogP contribution in [0.3, 0.4) is 0 Å². The van der Waals surface area contributed by atoms with Crippen molar-refractivity contribution in [3.63, 3.8) is 0 Å². The summed E-state index contributed by atoms with van der Waals surface area (Å²) in [4.78, 5) is 8.70. The highest BCUT2D eigenvalue weighted by molar-refractivity contribution is 6.32. The summed E-state index contributed by atoms with van der Waals surface area (Å²) in [6, 6.07) is 27.3. The van der Waals surface area contributed by atoms with Gasteiger partial charge in [-0.1, -0.05) is 77.8 Å². The number of halogens is 2. The molecule has 6 nitrogen and oxygen atoms in total. The van der Waals surface area contributed by atoms with Gasteiger partial charge in [0.15, 0.2) is 11.6 Å². The minimum absolute atomic E-state index is 0.367. The van der Waals surface area contributed by atoms with Crippen molar-refractivity contribution in [3.8, 4) is 6.07 Å². The Labute approximate surface area is 224 Å². The fourth-order valence-corrected chi connectivity index (χ4v) is 4.62. The molecular weight excluding hydrogens is 503 g/mol. The lowest BCUT2D eigenvalue weighted by atomic mass is 9.91. The molecular formula is C29H22Cl2N6. The molecule has 0 bridgehead atoms. The van der Waals surface area contributed by atoms with Gasteiger partial charge in [-0.3, -0.25) is 0 Å². The molecule has 0 radical (unpaired) electrons. The molecule has 0 saturated carbocycles. The summed E-state index contributed by atoms with van der Waals surface area (Å²) >= 11 is 12.7. The lowest BCUT2D eigenvalue weighted by Gasteiger charge is -2.18. The lowest BCUT2D eigenvalue weighted by Crippen LogP contribution is -2.07. The number of hydrogen-bond donors (Lipinski definition) is 3. The minimum Gasteiger partial charge on any atom is -0.393 e. The average Bonchev–Trinajstić information content (AvgIpc) is 2.90. The lowest BCUT2D eigenvalue weighted by molar-refractivity contribution is 1.03. The van der Waals surface area contributed by atoms with Gasteiger partial charge < -0.3 is 16.4 Å². The van der Waals surface area contributed by atoms with Crippen molar-refractivity contribution in [2.24, 2.45) is 0 Å². The van der Waals surface area contributed by atoms with Crippen molar-refractivity contribution in [2.45, 2.75) is 12.8 Å². The van der Waals surface area contributed by atoms with Gasteiger partial charge in [0.1, 0.15) is 12.0 Å². The minimum atomic E-state index is -0.530. The quantitative estimate of drug-likeness (QED) is 0.208. The first kappa shape index (κ1) is 24.4. The highest BCUT2D eigenvalue weighted by atomic mass is 35.5. The molecule has 1 aromatic heterocycles. The van der Waals surface area contributed by atoms with Crippen LogP contribution < -0.4 is 16.4 Å². The Morgan fingerprint density at radius 2 is 1.54 bits per heavy atom. The fraction of sp³-hybridized carbons (Fsp3) is 0.0690. The van der Waals surface area contributed by atoms with E-state index in [4.69, 9.17) is 28.9 Å². The van der Waals surface area contributed by atoms with Crippen LogP contribution in [0, 0.1) is 18.3 Å². The molecule has 8 heteroatoms. The van der Waals surface area contributed by atoms with Gasteiger partial charge in [0, 0.05) is 26.8 Å². The van der Waals surface area contributed by atoms with Crippen molar-refractivity contribution < 1.29 is 0 Å². The molecule has 1 atom stereocenters. The highest BCUT2D eigenvalue weighted by Crippen LogP contribution is 2.37. The Morgan fingerprint density at radius 1 is 0.865 bits per heavy atom. The van der Waals surface area contributed by atoms with E-state index in [9.17, 15) is 5.26 Å². The Morgan fingerprint density at radius 3 is 2.27 bits per heavy atom. The summed E-state index contributed by atoms with van der Waals surface area (Å²) in [5, 5.41) is 19.7. The Balaban J connectivity index is 1.44. The smallest absolute Gasteiger partial charge is 0.159 e. The summed E-state index contributed by atoms with van der Waals surface area (Å²) in [7, 11) is 0. The maximum Gasteiger partial charge on any atom is 0.159 e. The van der Waals surface area contributed by atoms with Crippen LogP contribution in [0.25, 0.3) is 10.8 Å². The number of nitrogens with two attached hydrogens (primary N) is 1. The zero-order chi connectivity index (χ0) is 25.9. The first-order valence-corrected chi connectivity index (χ1v) is 12.3. The Kier molecular flexibility index (Phi) is 6.82. The van der Waals surface area contributed by atoms with Gasteiger partial charge in [-0.25, -0.2) is 9.97 Å². The van der Waals surface area contributed by atoms with Crippen LogP contribution in [0.2, 0.25) is 10.0 Å². The van der Waals surface area contributed by atoms with Crippen LogP contribution in [0.15, 0.2) is 85.2 Å². The first-order valence-electron chi connectivity index (χ1n) is 11.5. The molecule has 37 heavy (non-hydrogen) atoms. The number of benzene rings is 4. The predicted molar refractivity (Wildman–Crippen MR) is 152 cm³/mol. The number of nitriles is 1. The highest BCUT2D eigenvalue weighted by Gasteiger charge is 2.19. The summed E-state index contributed by atoms with van der Waals surface area (Å²) in [5.41, 5.74) is 10.9. The zero-order valence-corrected chi connectivity index (χ0v) is 21.3. The van der Waals surface area contributed by atoms with E-state index in [-0.39, 0.29) is 0 Å². The van der Waals surface area contributed by atoms with E-state index in [0.29, 0.717) is 32.9 Å². The normalized spacial score (nSPS) is 11.6. The van der Waals surface area contributed by atoms with Crippen molar-refractivity contribution >= 4 is 62.7 Å². The Bertz CT molecular complexity index is 1640. The third-order valence-electron chi connectivity index (χ3n) is 6.17. The number of anilines is 5.